The molecular formula is C16H23NO2. The maximum absolute atomic E-state index is 12.1. The Morgan fingerprint density at radius 2 is 1.84 bits per heavy atom. The summed E-state index contributed by atoms with van der Waals surface area (Å²) >= 11 is 0. The second-order valence-electron chi connectivity index (χ2n) is 5.60. The van der Waals surface area contributed by atoms with Crippen LogP contribution >= 0.6 is 0 Å². The number of rotatable bonds is 4. The van der Waals surface area contributed by atoms with Crippen molar-refractivity contribution in [2.45, 2.75) is 39.2 Å². The van der Waals surface area contributed by atoms with Gasteiger partial charge in [0.05, 0.1) is 0 Å². The van der Waals surface area contributed by atoms with Crippen LogP contribution in [0.15, 0.2) is 24.3 Å². The first kappa shape index (κ1) is 14.1. The molecule has 0 bridgehead atoms. The van der Waals surface area contributed by atoms with Crippen molar-refractivity contribution in [3.63, 3.8) is 0 Å². The Hall–Kier alpha value is -1.35. The average molecular weight is 261 g/mol. The Kier molecular flexibility index (Phi) is 4.97. The van der Waals surface area contributed by atoms with Crippen LogP contribution in [-0.2, 0) is 11.3 Å². The zero-order valence-corrected chi connectivity index (χ0v) is 11.6. The molecule has 1 aliphatic carbocycles. The number of nitrogens with one attached hydrogen (secondary N) is 1. The zero-order chi connectivity index (χ0) is 13.7. The van der Waals surface area contributed by atoms with Gasteiger partial charge < -0.3 is 10.4 Å². The molecule has 3 heteroatoms. The maximum Gasteiger partial charge on any atom is 0.223 e. The van der Waals surface area contributed by atoms with E-state index in [0.717, 1.165) is 31.2 Å². The standard InChI is InChI=1S/C16H23NO2/c1-12-2-4-13(5-3-12)10-17-16(19)15-8-6-14(11-18)7-9-15/h2-5,14-15,18H,6-11H2,1H3,(H,17,19). The van der Waals surface area contributed by atoms with Gasteiger partial charge in [0.1, 0.15) is 0 Å². The average Bonchev–Trinajstić information content (AvgIpc) is 2.46. The molecule has 1 fully saturated rings. The van der Waals surface area contributed by atoms with Crippen LogP contribution in [0.1, 0.15) is 36.8 Å². The van der Waals surface area contributed by atoms with Crippen molar-refractivity contribution < 1.29 is 9.90 Å². The fraction of sp³-hybridized carbons (Fsp3) is 0.562. The van der Waals surface area contributed by atoms with Gasteiger partial charge >= 0.3 is 0 Å². The number of amides is 1. The molecule has 2 N–H and O–H groups in total. The molecule has 0 saturated heterocycles. The van der Waals surface area contributed by atoms with Crippen LogP contribution in [0, 0.1) is 18.8 Å². The Morgan fingerprint density at radius 3 is 2.42 bits per heavy atom. The molecule has 3 nitrogen and oxygen atoms in total. The van der Waals surface area contributed by atoms with Crippen molar-refractivity contribution in [3.8, 4) is 0 Å². The molecule has 1 aromatic rings. The van der Waals surface area contributed by atoms with Gasteiger partial charge in [-0.05, 0) is 44.1 Å². The number of aliphatic hydroxyl groups is 1. The molecule has 1 amide bonds. The van der Waals surface area contributed by atoms with Gasteiger partial charge in [0.15, 0.2) is 0 Å². The van der Waals surface area contributed by atoms with Crippen molar-refractivity contribution >= 4 is 5.91 Å². The molecule has 1 aromatic carbocycles. The number of hydrogen-bond acceptors (Lipinski definition) is 2. The van der Waals surface area contributed by atoms with E-state index < -0.39 is 0 Å². The summed E-state index contributed by atoms with van der Waals surface area (Å²) in [4.78, 5) is 12.1. The normalized spacial score (nSPS) is 23.1. The number of hydrogen-bond donors (Lipinski definition) is 2. The third-order valence-corrected chi connectivity index (χ3v) is 4.06. The van der Waals surface area contributed by atoms with Crippen molar-refractivity contribution in [2.24, 2.45) is 11.8 Å². The van der Waals surface area contributed by atoms with E-state index in [9.17, 15) is 4.79 Å². The minimum Gasteiger partial charge on any atom is -0.396 e. The fourth-order valence-corrected chi connectivity index (χ4v) is 2.65. The predicted molar refractivity (Wildman–Crippen MR) is 75.6 cm³/mol. The molecule has 19 heavy (non-hydrogen) atoms. The number of benzene rings is 1. The van der Waals surface area contributed by atoms with E-state index in [4.69, 9.17) is 5.11 Å². The largest absolute Gasteiger partial charge is 0.396 e. The SMILES string of the molecule is Cc1ccc(CNC(=O)C2CCC(CO)CC2)cc1. The highest BCUT2D eigenvalue weighted by Crippen LogP contribution is 2.28. The monoisotopic (exact) mass is 261 g/mol. The first-order valence-corrected chi connectivity index (χ1v) is 7.13. The first-order valence-electron chi connectivity index (χ1n) is 7.13. The minimum absolute atomic E-state index is 0.133. The van der Waals surface area contributed by atoms with Gasteiger partial charge in [0.25, 0.3) is 0 Å². The van der Waals surface area contributed by atoms with E-state index in [1.807, 2.05) is 0 Å². The van der Waals surface area contributed by atoms with Crippen molar-refractivity contribution in [1.82, 2.24) is 5.32 Å². The summed E-state index contributed by atoms with van der Waals surface area (Å²) in [5, 5.41) is 12.1. The van der Waals surface area contributed by atoms with Crippen molar-refractivity contribution in [3.05, 3.63) is 35.4 Å². The van der Waals surface area contributed by atoms with Gasteiger partial charge in [0.2, 0.25) is 5.91 Å². The predicted octanol–water partition coefficient (Wildman–Crippen LogP) is 2.41. The quantitative estimate of drug-likeness (QED) is 0.874. The molecular weight excluding hydrogens is 238 g/mol. The molecule has 1 saturated carbocycles. The van der Waals surface area contributed by atoms with Crippen LogP contribution in [-0.4, -0.2) is 17.6 Å². The van der Waals surface area contributed by atoms with Gasteiger partial charge in [-0.15, -0.1) is 0 Å². The number of carbonyl (C=O) groups is 1. The Bertz CT molecular complexity index is 405. The molecule has 0 radical (unpaired) electrons. The third-order valence-electron chi connectivity index (χ3n) is 4.06. The Morgan fingerprint density at radius 1 is 1.21 bits per heavy atom. The lowest BCUT2D eigenvalue weighted by Crippen LogP contribution is -2.33. The van der Waals surface area contributed by atoms with Gasteiger partial charge in [-0.25, -0.2) is 0 Å². The van der Waals surface area contributed by atoms with Gasteiger partial charge in [-0.3, -0.25) is 4.79 Å². The molecule has 0 spiro atoms. The third kappa shape index (κ3) is 4.06. The maximum atomic E-state index is 12.1. The second-order valence-corrected chi connectivity index (χ2v) is 5.60. The van der Waals surface area contributed by atoms with Gasteiger partial charge in [-0.1, -0.05) is 29.8 Å². The van der Waals surface area contributed by atoms with E-state index in [-0.39, 0.29) is 18.4 Å². The van der Waals surface area contributed by atoms with Crippen LogP contribution in [0.25, 0.3) is 0 Å². The smallest absolute Gasteiger partial charge is 0.223 e. The fourth-order valence-electron chi connectivity index (χ4n) is 2.65. The molecule has 0 atom stereocenters. The van der Waals surface area contributed by atoms with Crippen LogP contribution in [0.4, 0.5) is 0 Å². The van der Waals surface area contributed by atoms with E-state index >= 15 is 0 Å². The summed E-state index contributed by atoms with van der Waals surface area (Å²) in [6.45, 7) is 2.93. The topological polar surface area (TPSA) is 49.3 Å². The van der Waals surface area contributed by atoms with E-state index in [2.05, 4.69) is 36.5 Å². The summed E-state index contributed by atoms with van der Waals surface area (Å²) in [7, 11) is 0. The van der Waals surface area contributed by atoms with E-state index in [0.29, 0.717) is 12.5 Å². The Labute approximate surface area is 115 Å². The summed E-state index contributed by atoms with van der Waals surface area (Å²) in [6.07, 6.45) is 3.76. The van der Waals surface area contributed by atoms with Gasteiger partial charge in [-0.2, -0.15) is 0 Å². The van der Waals surface area contributed by atoms with Crippen LogP contribution in [0.5, 0.6) is 0 Å². The highest BCUT2D eigenvalue weighted by molar-refractivity contribution is 5.78. The summed E-state index contributed by atoms with van der Waals surface area (Å²) in [6, 6.07) is 8.23. The number of aryl methyl sites for hydroxylation is 1. The highest BCUT2D eigenvalue weighted by Gasteiger charge is 2.25. The van der Waals surface area contributed by atoms with Crippen LogP contribution < -0.4 is 5.32 Å². The summed E-state index contributed by atoms with van der Waals surface area (Å²) in [5.74, 6) is 0.700. The van der Waals surface area contributed by atoms with Crippen molar-refractivity contribution in [1.29, 1.82) is 0 Å². The first-order chi connectivity index (χ1) is 9.19. The van der Waals surface area contributed by atoms with E-state index in [1.165, 1.54) is 5.56 Å². The molecule has 0 aromatic heterocycles. The number of carbonyl (C=O) groups excluding carboxylic acids is 1. The van der Waals surface area contributed by atoms with Crippen LogP contribution in [0.2, 0.25) is 0 Å². The van der Waals surface area contributed by atoms with Crippen molar-refractivity contribution in [2.75, 3.05) is 6.61 Å². The van der Waals surface area contributed by atoms with Crippen LogP contribution in [0.3, 0.4) is 0 Å². The molecule has 0 heterocycles. The zero-order valence-electron chi connectivity index (χ0n) is 11.6. The molecule has 104 valence electrons. The second kappa shape index (κ2) is 6.71. The highest BCUT2D eigenvalue weighted by atomic mass is 16.3. The Balaban J connectivity index is 1.77. The summed E-state index contributed by atoms with van der Waals surface area (Å²) < 4.78 is 0. The number of aliphatic hydroxyl groups excluding tert-OH is 1. The lowest BCUT2D eigenvalue weighted by molar-refractivity contribution is -0.126. The van der Waals surface area contributed by atoms with E-state index in [1.54, 1.807) is 0 Å². The minimum atomic E-state index is 0.133. The lowest BCUT2D eigenvalue weighted by Gasteiger charge is -2.26. The molecule has 2 rings (SSSR count). The molecule has 1 aliphatic rings. The molecule has 0 unspecified atom stereocenters. The molecule has 0 aliphatic heterocycles. The van der Waals surface area contributed by atoms with Gasteiger partial charge in [0, 0.05) is 19.1 Å². The summed E-state index contributed by atoms with van der Waals surface area (Å²) in [5.41, 5.74) is 2.38. The lowest BCUT2D eigenvalue weighted by atomic mass is 9.82.